The van der Waals surface area contributed by atoms with Crippen molar-refractivity contribution >= 4 is 17.7 Å². The van der Waals surface area contributed by atoms with E-state index in [1.54, 1.807) is 4.90 Å². The van der Waals surface area contributed by atoms with Crippen LogP contribution >= 0.6 is 0 Å². The molecule has 1 aromatic carbocycles. The van der Waals surface area contributed by atoms with Gasteiger partial charge in [-0.05, 0) is 24.5 Å². The van der Waals surface area contributed by atoms with Crippen molar-refractivity contribution in [3.05, 3.63) is 29.8 Å². The van der Waals surface area contributed by atoms with Gasteiger partial charge >= 0.3 is 6.09 Å². The number of carbonyl (C=O) groups is 2. The van der Waals surface area contributed by atoms with Crippen LogP contribution < -0.4 is 4.90 Å². The zero-order chi connectivity index (χ0) is 13.2. The van der Waals surface area contributed by atoms with Gasteiger partial charge in [-0.2, -0.15) is 0 Å². The molecular weight excluding hydrogens is 244 g/mol. The monoisotopic (exact) mass is 260 g/mol. The van der Waals surface area contributed by atoms with Gasteiger partial charge in [0, 0.05) is 12.2 Å². The molecule has 1 saturated heterocycles. The van der Waals surface area contributed by atoms with Crippen molar-refractivity contribution in [3.8, 4) is 0 Å². The topological polar surface area (TPSA) is 49.9 Å². The molecule has 0 N–H and O–H groups in total. The summed E-state index contributed by atoms with van der Waals surface area (Å²) < 4.78 is 4.84. The molecule has 2 aliphatic heterocycles. The standard InChI is InChI=1S/C14H16N2O3/c17-13(10-15-8-9-19-14(15)18)16-7-3-5-11-4-1-2-6-12(11)16/h1-2,4,6H,3,5,7-10H2. The zero-order valence-corrected chi connectivity index (χ0v) is 10.7. The van der Waals surface area contributed by atoms with Gasteiger partial charge in [0.25, 0.3) is 0 Å². The minimum absolute atomic E-state index is 0.0361. The number of hydrogen-bond acceptors (Lipinski definition) is 3. The van der Waals surface area contributed by atoms with Crippen molar-refractivity contribution in [3.63, 3.8) is 0 Å². The maximum Gasteiger partial charge on any atom is 0.410 e. The van der Waals surface area contributed by atoms with Crippen molar-refractivity contribution in [2.75, 3.05) is 31.1 Å². The van der Waals surface area contributed by atoms with E-state index in [-0.39, 0.29) is 12.5 Å². The lowest BCUT2D eigenvalue weighted by molar-refractivity contribution is -0.119. The number of para-hydroxylation sites is 1. The van der Waals surface area contributed by atoms with Crippen LogP contribution in [-0.4, -0.2) is 43.1 Å². The summed E-state index contributed by atoms with van der Waals surface area (Å²) in [5.74, 6) is -0.0361. The Labute approximate surface area is 111 Å². The molecule has 1 aromatic rings. The van der Waals surface area contributed by atoms with Gasteiger partial charge in [-0.1, -0.05) is 18.2 Å². The Hall–Kier alpha value is -2.04. The van der Waals surface area contributed by atoms with Crippen molar-refractivity contribution < 1.29 is 14.3 Å². The molecule has 0 saturated carbocycles. The van der Waals surface area contributed by atoms with Crippen LogP contribution in [0.5, 0.6) is 0 Å². The molecule has 2 amide bonds. The molecule has 0 atom stereocenters. The maximum atomic E-state index is 12.3. The molecule has 0 aromatic heterocycles. The first-order valence-corrected chi connectivity index (χ1v) is 6.56. The van der Waals surface area contributed by atoms with Crippen molar-refractivity contribution in [1.29, 1.82) is 0 Å². The third-order valence-electron chi connectivity index (χ3n) is 3.58. The first-order chi connectivity index (χ1) is 9.25. The van der Waals surface area contributed by atoms with Crippen molar-refractivity contribution in [2.24, 2.45) is 0 Å². The van der Waals surface area contributed by atoms with E-state index in [4.69, 9.17) is 4.74 Å². The highest BCUT2D eigenvalue weighted by Gasteiger charge is 2.28. The average Bonchev–Trinajstić information content (AvgIpc) is 2.83. The predicted octanol–water partition coefficient (Wildman–Crippen LogP) is 1.42. The highest BCUT2D eigenvalue weighted by atomic mass is 16.6. The average molecular weight is 260 g/mol. The fraction of sp³-hybridized carbons (Fsp3) is 0.429. The number of anilines is 1. The first kappa shape index (κ1) is 12.0. The largest absolute Gasteiger partial charge is 0.448 e. The number of fused-ring (bicyclic) bond motifs is 1. The van der Waals surface area contributed by atoms with Gasteiger partial charge in [-0.3, -0.25) is 9.69 Å². The van der Waals surface area contributed by atoms with Crippen LogP contribution in [0.15, 0.2) is 24.3 Å². The molecule has 2 heterocycles. The third kappa shape index (κ3) is 2.28. The summed E-state index contributed by atoms with van der Waals surface area (Å²) >= 11 is 0. The molecule has 0 radical (unpaired) electrons. The molecule has 2 aliphatic rings. The Balaban J connectivity index is 1.76. The van der Waals surface area contributed by atoms with E-state index in [1.807, 2.05) is 18.2 Å². The summed E-state index contributed by atoms with van der Waals surface area (Å²) in [6.07, 6.45) is 1.58. The molecular formula is C14H16N2O3. The fourth-order valence-corrected chi connectivity index (χ4v) is 2.61. The Morgan fingerprint density at radius 1 is 1.26 bits per heavy atom. The van der Waals surface area contributed by atoms with E-state index in [0.29, 0.717) is 13.2 Å². The number of amides is 2. The molecule has 3 rings (SSSR count). The van der Waals surface area contributed by atoms with Crippen LogP contribution in [0.25, 0.3) is 0 Å². The first-order valence-electron chi connectivity index (χ1n) is 6.56. The summed E-state index contributed by atoms with van der Waals surface area (Å²) in [5.41, 5.74) is 2.18. The summed E-state index contributed by atoms with van der Waals surface area (Å²) in [4.78, 5) is 27.0. The maximum absolute atomic E-state index is 12.3. The van der Waals surface area contributed by atoms with E-state index < -0.39 is 6.09 Å². The van der Waals surface area contributed by atoms with E-state index in [1.165, 1.54) is 10.5 Å². The second-order valence-electron chi connectivity index (χ2n) is 4.81. The number of carbonyl (C=O) groups excluding carboxylic acids is 2. The minimum Gasteiger partial charge on any atom is -0.448 e. The Morgan fingerprint density at radius 2 is 2.11 bits per heavy atom. The summed E-state index contributed by atoms with van der Waals surface area (Å²) in [6, 6.07) is 7.95. The van der Waals surface area contributed by atoms with Gasteiger partial charge in [-0.25, -0.2) is 4.79 Å². The van der Waals surface area contributed by atoms with Gasteiger partial charge in [-0.15, -0.1) is 0 Å². The molecule has 0 aliphatic carbocycles. The molecule has 1 fully saturated rings. The molecule has 5 heteroatoms. The molecule has 0 bridgehead atoms. The van der Waals surface area contributed by atoms with Crippen LogP contribution in [0.1, 0.15) is 12.0 Å². The number of cyclic esters (lactones) is 1. The SMILES string of the molecule is O=C1OCCN1CC(=O)N1CCCc2ccccc21. The van der Waals surface area contributed by atoms with Crippen LogP contribution in [0.3, 0.4) is 0 Å². The lowest BCUT2D eigenvalue weighted by atomic mass is 10.0. The quantitative estimate of drug-likeness (QED) is 0.808. The van der Waals surface area contributed by atoms with Crippen molar-refractivity contribution in [2.45, 2.75) is 12.8 Å². The molecule has 0 spiro atoms. The molecule has 5 nitrogen and oxygen atoms in total. The number of rotatable bonds is 2. The van der Waals surface area contributed by atoms with Gasteiger partial charge in [0.05, 0.1) is 6.54 Å². The Morgan fingerprint density at radius 3 is 2.89 bits per heavy atom. The number of benzene rings is 1. The van der Waals surface area contributed by atoms with E-state index in [9.17, 15) is 9.59 Å². The second-order valence-corrected chi connectivity index (χ2v) is 4.81. The van der Waals surface area contributed by atoms with Gasteiger partial charge in [0.2, 0.25) is 5.91 Å². The highest BCUT2D eigenvalue weighted by molar-refractivity contribution is 5.97. The smallest absolute Gasteiger partial charge is 0.410 e. The lowest BCUT2D eigenvalue weighted by Gasteiger charge is -2.30. The van der Waals surface area contributed by atoms with Crippen molar-refractivity contribution in [1.82, 2.24) is 4.90 Å². The van der Waals surface area contributed by atoms with Crippen LogP contribution in [0.2, 0.25) is 0 Å². The Bertz CT molecular complexity index is 515. The molecule has 100 valence electrons. The van der Waals surface area contributed by atoms with E-state index in [0.717, 1.165) is 25.1 Å². The van der Waals surface area contributed by atoms with Gasteiger partial charge in [0.1, 0.15) is 13.2 Å². The fourth-order valence-electron chi connectivity index (χ4n) is 2.61. The summed E-state index contributed by atoms with van der Waals surface area (Å²) in [5, 5.41) is 0. The number of ether oxygens (including phenoxy) is 1. The Kier molecular flexibility index (Phi) is 3.11. The number of aryl methyl sites for hydroxylation is 1. The number of nitrogens with zero attached hydrogens (tertiary/aromatic N) is 2. The summed E-state index contributed by atoms with van der Waals surface area (Å²) in [7, 11) is 0. The van der Waals surface area contributed by atoms with Gasteiger partial charge in [0.15, 0.2) is 0 Å². The van der Waals surface area contributed by atoms with Crippen LogP contribution in [-0.2, 0) is 16.0 Å². The second kappa shape index (κ2) is 4.91. The number of hydrogen-bond donors (Lipinski definition) is 0. The predicted molar refractivity (Wildman–Crippen MR) is 70.0 cm³/mol. The molecule has 19 heavy (non-hydrogen) atoms. The lowest BCUT2D eigenvalue weighted by Crippen LogP contribution is -2.43. The summed E-state index contributed by atoms with van der Waals surface area (Å²) in [6.45, 7) is 1.70. The van der Waals surface area contributed by atoms with E-state index >= 15 is 0 Å². The minimum atomic E-state index is -0.390. The van der Waals surface area contributed by atoms with Crippen LogP contribution in [0.4, 0.5) is 10.5 Å². The van der Waals surface area contributed by atoms with Crippen LogP contribution in [0, 0.1) is 0 Å². The molecule has 0 unspecified atom stereocenters. The normalized spacial score (nSPS) is 18.2. The van der Waals surface area contributed by atoms with E-state index in [2.05, 4.69) is 6.07 Å². The highest BCUT2D eigenvalue weighted by Crippen LogP contribution is 2.26. The zero-order valence-electron chi connectivity index (χ0n) is 10.7. The third-order valence-corrected chi connectivity index (χ3v) is 3.58. The van der Waals surface area contributed by atoms with Gasteiger partial charge < -0.3 is 9.64 Å².